The van der Waals surface area contributed by atoms with Crippen LogP contribution in [0.4, 0.5) is 0 Å². The fourth-order valence-corrected chi connectivity index (χ4v) is 1.93. The van der Waals surface area contributed by atoms with Gasteiger partial charge in [-0.15, -0.1) is 0 Å². The summed E-state index contributed by atoms with van der Waals surface area (Å²) < 4.78 is 5.28. The minimum Gasteiger partial charge on any atom is -0.409 e. The molecule has 17 heavy (non-hydrogen) atoms. The Morgan fingerprint density at radius 3 is 2.88 bits per heavy atom. The van der Waals surface area contributed by atoms with E-state index in [4.69, 9.17) is 15.7 Å². The van der Waals surface area contributed by atoms with Crippen LogP contribution in [0.2, 0.25) is 0 Å². The lowest BCUT2D eigenvalue weighted by Gasteiger charge is -2.34. The van der Waals surface area contributed by atoms with Gasteiger partial charge in [0.15, 0.2) is 5.84 Å². The number of amidine groups is 1. The summed E-state index contributed by atoms with van der Waals surface area (Å²) in [5.74, 6) is -0.00223. The van der Waals surface area contributed by atoms with Crippen LogP contribution in [0.15, 0.2) is 5.16 Å². The van der Waals surface area contributed by atoms with Crippen molar-refractivity contribution in [2.75, 3.05) is 13.2 Å². The number of ether oxygens (including phenoxy) is 1. The molecular formula is C11H21N3O3. The van der Waals surface area contributed by atoms with Crippen LogP contribution in [0.1, 0.15) is 33.1 Å². The third-order valence-corrected chi connectivity index (χ3v) is 2.82. The quantitative estimate of drug-likeness (QED) is 0.326. The predicted octanol–water partition coefficient (Wildman–Crippen LogP) is 0.539. The van der Waals surface area contributed by atoms with Crippen molar-refractivity contribution < 1.29 is 14.7 Å². The van der Waals surface area contributed by atoms with E-state index < -0.39 is 0 Å². The standard InChI is InChI=1S/C11H21N3O3/c1-8(2)17-7-10(15)14-6-4-3-5-9(14)11(12)13-16/h8-9,16H,3-7H2,1-2H3,(H2,12,13). The Morgan fingerprint density at radius 2 is 2.29 bits per heavy atom. The van der Waals surface area contributed by atoms with E-state index in [0.29, 0.717) is 6.54 Å². The van der Waals surface area contributed by atoms with E-state index in [1.54, 1.807) is 4.90 Å². The molecule has 1 saturated heterocycles. The lowest BCUT2D eigenvalue weighted by Crippen LogP contribution is -2.51. The molecule has 0 radical (unpaired) electrons. The number of amides is 1. The molecule has 1 aliphatic heterocycles. The molecule has 0 saturated carbocycles. The zero-order chi connectivity index (χ0) is 12.8. The van der Waals surface area contributed by atoms with Gasteiger partial charge in [-0.1, -0.05) is 5.16 Å². The zero-order valence-corrected chi connectivity index (χ0v) is 10.4. The zero-order valence-electron chi connectivity index (χ0n) is 10.4. The molecule has 1 fully saturated rings. The molecule has 0 spiro atoms. The largest absolute Gasteiger partial charge is 0.409 e. The van der Waals surface area contributed by atoms with Gasteiger partial charge in [0, 0.05) is 6.54 Å². The first-order chi connectivity index (χ1) is 8.06. The van der Waals surface area contributed by atoms with Crippen molar-refractivity contribution in [3.63, 3.8) is 0 Å². The molecule has 0 aromatic rings. The summed E-state index contributed by atoms with van der Waals surface area (Å²) in [4.78, 5) is 13.6. The number of nitrogens with two attached hydrogens (primary N) is 1. The van der Waals surface area contributed by atoms with E-state index in [-0.39, 0.29) is 30.5 Å². The molecule has 0 aliphatic carbocycles. The number of carbonyl (C=O) groups excluding carboxylic acids is 1. The third-order valence-electron chi connectivity index (χ3n) is 2.82. The van der Waals surface area contributed by atoms with Crippen molar-refractivity contribution in [3.8, 4) is 0 Å². The monoisotopic (exact) mass is 243 g/mol. The second kappa shape index (κ2) is 6.44. The molecule has 0 aromatic heterocycles. The van der Waals surface area contributed by atoms with Crippen LogP contribution < -0.4 is 5.73 Å². The van der Waals surface area contributed by atoms with Crippen molar-refractivity contribution in [1.82, 2.24) is 4.90 Å². The maximum Gasteiger partial charge on any atom is 0.249 e. The Labute approximate surface area is 101 Å². The van der Waals surface area contributed by atoms with E-state index in [9.17, 15) is 4.79 Å². The number of nitrogens with zero attached hydrogens (tertiary/aromatic N) is 2. The van der Waals surface area contributed by atoms with E-state index in [1.165, 1.54) is 0 Å². The molecule has 1 amide bonds. The normalized spacial score (nSPS) is 21.9. The van der Waals surface area contributed by atoms with Gasteiger partial charge in [-0.05, 0) is 33.1 Å². The van der Waals surface area contributed by atoms with Crippen LogP contribution in [0.3, 0.4) is 0 Å². The Morgan fingerprint density at radius 1 is 1.59 bits per heavy atom. The minimum atomic E-state index is -0.294. The number of piperidine rings is 1. The number of oxime groups is 1. The summed E-state index contributed by atoms with van der Waals surface area (Å²) in [5, 5.41) is 11.7. The average Bonchev–Trinajstić information content (AvgIpc) is 2.34. The topological polar surface area (TPSA) is 88.2 Å². The van der Waals surface area contributed by atoms with Crippen LogP contribution >= 0.6 is 0 Å². The summed E-state index contributed by atoms with van der Waals surface area (Å²) in [7, 11) is 0. The van der Waals surface area contributed by atoms with Gasteiger partial charge < -0.3 is 20.6 Å². The van der Waals surface area contributed by atoms with Gasteiger partial charge in [0.25, 0.3) is 0 Å². The van der Waals surface area contributed by atoms with Gasteiger partial charge in [0.1, 0.15) is 6.61 Å². The van der Waals surface area contributed by atoms with Crippen molar-refractivity contribution in [2.45, 2.75) is 45.3 Å². The van der Waals surface area contributed by atoms with Gasteiger partial charge in [-0.25, -0.2) is 0 Å². The summed E-state index contributed by atoms with van der Waals surface area (Å²) in [5.41, 5.74) is 5.60. The number of hydrogen-bond donors (Lipinski definition) is 2. The van der Waals surface area contributed by atoms with E-state index in [2.05, 4.69) is 5.16 Å². The summed E-state index contributed by atoms with van der Waals surface area (Å²) in [6, 6.07) is -0.294. The Kier molecular flexibility index (Phi) is 5.21. The molecule has 0 aromatic carbocycles. The van der Waals surface area contributed by atoms with Gasteiger partial charge >= 0.3 is 0 Å². The fourth-order valence-electron chi connectivity index (χ4n) is 1.93. The first-order valence-electron chi connectivity index (χ1n) is 5.94. The molecule has 1 rings (SSSR count). The maximum absolute atomic E-state index is 11.9. The second-order valence-electron chi connectivity index (χ2n) is 4.48. The first kappa shape index (κ1) is 13.8. The highest BCUT2D eigenvalue weighted by Crippen LogP contribution is 2.17. The van der Waals surface area contributed by atoms with Gasteiger partial charge in [0.2, 0.25) is 5.91 Å². The number of carbonyl (C=O) groups is 1. The molecule has 3 N–H and O–H groups in total. The SMILES string of the molecule is CC(C)OCC(=O)N1CCCCC1C(N)=NO. The summed E-state index contributed by atoms with van der Waals surface area (Å²) in [6.45, 7) is 4.45. The molecule has 98 valence electrons. The number of likely N-dealkylation sites (tertiary alicyclic amines) is 1. The first-order valence-corrected chi connectivity index (χ1v) is 5.94. The van der Waals surface area contributed by atoms with Gasteiger partial charge in [-0.2, -0.15) is 0 Å². The molecule has 6 heteroatoms. The van der Waals surface area contributed by atoms with Crippen LogP contribution in [0, 0.1) is 0 Å². The number of rotatable bonds is 4. The van der Waals surface area contributed by atoms with Crippen LogP contribution in [-0.4, -0.2) is 47.1 Å². The maximum atomic E-state index is 11.9. The van der Waals surface area contributed by atoms with Crippen molar-refractivity contribution in [1.29, 1.82) is 0 Å². The fraction of sp³-hybridized carbons (Fsp3) is 0.818. The minimum absolute atomic E-state index is 0.0195. The summed E-state index contributed by atoms with van der Waals surface area (Å²) in [6.07, 6.45) is 2.69. The van der Waals surface area contributed by atoms with Crippen molar-refractivity contribution in [2.24, 2.45) is 10.9 Å². The van der Waals surface area contributed by atoms with Crippen LogP contribution in [-0.2, 0) is 9.53 Å². The molecular weight excluding hydrogens is 222 g/mol. The van der Waals surface area contributed by atoms with Crippen LogP contribution in [0.5, 0.6) is 0 Å². The molecule has 1 heterocycles. The predicted molar refractivity (Wildman–Crippen MR) is 63.8 cm³/mol. The smallest absolute Gasteiger partial charge is 0.249 e. The second-order valence-corrected chi connectivity index (χ2v) is 4.48. The average molecular weight is 243 g/mol. The molecule has 1 unspecified atom stereocenters. The highest BCUT2D eigenvalue weighted by molar-refractivity contribution is 5.90. The number of hydrogen-bond acceptors (Lipinski definition) is 4. The van der Waals surface area contributed by atoms with Gasteiger partial charge in [0.05, 0.1) is 12.1 Å². The molecule has 0 bridgehead atoms. The highest BCUT2D eigenvalue weighted by Gasteiger charge is 2.29. The lowest BCUT2D eigenvalue weighted by atomic mass is 10.0. The summed E-state index contributed by atoms with van der Waals surface area (Å²) >= 11 is 0. The highest BCUT2D eigenvalue weighted by atomic mass is 16.5. The Bertz CT molecular complexity index is 292. The van der Waals surface area contributed by atoms with Crippen LogP contribution in [0.25, 0.3) is 0 Å². The van der Waals surface area contributed by atoms with E-state index >= 15 is 0 Å². The lowest BCUT2D eigenvalue weighted by molar-refractivity contribution is -0.139. The van der Waals surface area contributed by atoms with Crippen molar-refractivity contribution in [3.05, 3.63) is 0 Å². The molecule has 6 nitrogen and oxygen atoms in total. The van der Waals surface area contributed by atoms with Gasteiger partial charge in [-0.3, -0.25) is 4.79 Å². The molecule has 1 aliphatic rings. The Hall–Kier alpha value is -1.30. The van der Waals surface area contributed by atoms with E-state index in [0.717, 1.165) is 19.3 Å². The van der Waals surface area contributed by atoms with Crippen molar-refractivity contribution >= 4 is 11.7 Å². The van der Waals surface area contributed by atoms with E-state index in [1.807, 2.05) is 13.8 Å². The Balaban J connectivity index is 2.61. The molecule has 1 atom stereocenters. The third kappa shape index (κ3) is 3.89.